The lowest BCUT2D eigenvalue weighted by atomic mass is 10.2. The second-order valence-corrected chi connectivity index (χ2v) is 6.09. The minimum absolute atomic E-state index is 0.0763. The van der Waals surface area contributed by atoms with Gasteiger partial charge in [-0.1, -0.05) is 0 Å². The number of hydrogen-bond donors (Lipinski definition) is 2. The molecule has 0 spiro atoms. The highest BCUT2D eigenvalue weighted by Gasteiger charge is 2.37. The van der Waals surface area contributed by atoms with E-state index in [1.165, 1.54) is 0 Å². The van der Waals surface area contributed by atoms with Crippen LogP contribution in [0.5, 0.6) is 0 Å². The summed E-state index contributed by atoms with van der Waals surface area (Å²) < 4.78 is 2.63. The number of carbonyl (C=O) groups excluding carboxylic acids is 1. The Hall–Kier alpha value is -1.30. The molecule has 0 aliphatic heterocycles. The second kappa shape index (κ2) is 5.36. The summed E-state index contributed by atoms with van der Waals surface area (Å²) >= 11 is 3.34. The van der Waals surface area contributed by atoms with Crippen LogP contribution in [0, 0.1) is 5.92 Å². The van der Waals surface area contributed by atoms with Crippen LogP contribution in [0.3, 0.4) is 0 Å². The summed E-state index contributed by atoms with van der Waals surface area (Å²) in [4.78, 5) is 23.4. The van der Waals surface area contributed by atoms with Gasteiger partial charge >= 0.3 is 5.97 Å². The fraction of sp³-hybridized carbons (Fsp3) is 0.538. The van der Waals surface area contributed by atoms with Crippen LogP contribution in [0.15, 0.2) is 16.7 Å². The van der Waals surface area contributed by atoms with Crippen molar-refractivity contribution >= 4 is 27.8 Å². The molecule has 0 saturated heterocycles. The Kier molecular flexibility index (Phi) is 3.99. The minimum Gasteiger partial charge on any atom is -0.480 e. The molecule has 1 amide bonds. The summed E-state index contributed by atoms with van der Waals surface area (Å²) in [5, 5.41) is 11.8. The zero-order valence-corrected chi connectivity index (χ0v) is 12.5. The molecule has 1 atom stereocenters. The van der Waals surface area contributed by atoms with Crippen molar-refractivity contribution in [2.45, 2.75) is 38.8 Å². The van der Waals surface area contributed by atoms with Gasteiger partial charge in [0.2, 0.25) is 0 Å². The van der Waals surface area contributed by atoms with Crippen molar-refractivity contribution in [1.82, 2.24) is 9.88 Å². The lowest BCUT2D eigenvalue weighted by Crippen LogP contribution is -2.43. The third-order valence-corrected chi connectivity index (χ3v) is 3.68. The lowest BCUT2D eigenvalue weighted by Gasteiger charge is -2.16. The maximum Gasteiger partial charge on any atom is 0.326 e. The number of hydrogen-bond acceptors (Lipinski definition) is 2. The Balaban J connectivity index is 2.17. The van der Waals surface area contributed by atoms with E-state index in [9.17, 15) is 9.59 Å². The number of halogens is 1. The highest BCUT2D eigenvalue weighted by atomic mass is 79.9. The normalized spacial score (nSPS) is 16.4. The first kappa shape index (κ1) is 14.1. The van der Waals surface area contributed by atoms with E-state index < -0.39 is 12.0 Å². The first-order valence-electron chi connectivity index (χ1n) is 6.31. The van der Waals surface area contributed by atoms with Crippen molar-refractivity contribution in [2.75, 3.05) is 0 Å². The van der Waals surface area contributed by atoms with Crippen molar-refractivity contribution in [2.24, 2.45) is 5.92 Å². The fourth-order valence-corrected chi connectivity index (χ4v) is 2.52. The number of rotatable bonds is 5. The van der Waals surface area contributed by atoms with Gasteiger partial charge in [0.05, 0.1) is 0 Å². The molecule has 5 nitrogen and oxygen atoms in total. The Morgan fingerprint density at radius 2 is 2.11 bits per heavy atom. The maximum atomic E-state index is 12.2. The zero-order chi connectivity index (χ0) is 14.2. The fourth-order valence-electron chi connectivity index (χ4n) is 2.08. The smallest absolute Gasteiger partial charge is 0.326 e. The number of carboxylic acid groups (broad SMARTS) is 1. The van der Waals surface area contributed by atoms with Crippen LogP contribution in [-0.4, -0.2) is 27.6 Å². The SMILES string of the molecule is CC(C)n1cc(Br)cc1C(=O)NC(C(=O)O)C1CC1. The topological polar surface area (TPSA) is 71.3 Å². The molecule has 0 radical (unpaired) electrons. The Bertz CT molecular complexity index is 506. The van der Waals surface area contributed by atoms with Gasteiger partial charge in [0.1, 0.15) is 11.7 Å². The van der Waals surface area contributed by atoms with Gasteiger partial charge in [0.15, 0.2) is 0 Å². The average molecular weight is 329 g/mol. The molecule has 1 aromatic heterocycles. The predicted octanol–water partition coefficient (Wildman–Crippen LogP) is 2.42. The monoisotopic (exact) mass is 328 g/mol. The lowest BCUT2D eigenvalue weighted by molar-refractivity contribution is -0.139. The molecular weight excluding hydrogens is 312 g/mol. The van der Waals surface area contributed by atoms with E-state index in [2.05, 4.69) is 21.2 Å². The molecule has 1 fully saturated rings. The molecule has 1 unspecified atom stereocenters. The van der Waals surface area contributed by atoms with Crippen molar-refractivity contribution in [1.29, 1.82) is 0 Å². The second-order valence-electron chi connectivity index (χ2n) is 5.17. The number of carboxylic acids is 1. The van der Waals surface area contributed by atoms with Gasteiger partial charge in [-0.3, -0.25) is 4.79 Å². The molecule has 1 heterocycles. The van der Waals surface area contributed by atoms with Crippen LogP contribution in [0.1, 0.15) is 43.2 Å². The van der Waals surface area contributed by atoms with Crippen LogP contribution in [0.4, 0.5) is 0 Å². The van der Waals surface area contributed by atoms with Gasteiger partial charge in [-0.25, -0.2) is 4.79 Å². The Morgan fingerprint density at radius 3 is 2.58 bits per heavy atom. The van der Waals surface area contributed by atoms with Gasteiger partial charge in [-0.05, 0) is 54.6 Å². The molecule has 1 saturated carbocycles. The summed E-state index contributed by atoms with van der Waals surface area (Å²) in [7, 11) is 0. The van der Waals surface area contributed by atoms with Crippen molar-refractivity contribution in [3.63, 3.8) is 0 Å². The van der Waals surface area contributed by atoms with Crippen LogP contribution in [0.25, 0.3) is 0 Å². The molecule has 1 aromatic rings. The van der Waals surface area contributed by atoms with E-state index in [-0.39, 0.29) is 17.9 Å². The molecule has 2 rings (SSSR count). The first-order valence-corrected chi connectivity index (χ1v) is 7.10. The molecule has 0 bridgehead atoms. The Labute approximate surface area is 120 Å². The molecule has 6 heteroatoms. The van der Waals surface area contributed by atoms with Crippen LogP contribution in [0.2, 0.25) is 0 Å². The summed E-state index contributed by atoms with van der Waals surface area (Å²) in [6.07, 6.45) is 3.56. The largest absolute Gasteiger partial charge is 0.480 e. The molecular formula is C13H17BrN2O3. The Morgan fingerprint density at radius 1 is 1.47 bits per heavy atom. The number of nitrogens with one attached hydrogen (secondary N) is 1. The van der Waals surface area contributed by atoms with Gasteiger partial charge in [0.25, 0.3) is 5.91 Å². The molecule has 1 aliphatic carbocycles. The summed E-state index contributed by atoms with van der Waals surface area (Å²) in [5.74, 6) is -1.22. The number of aliphatic carboxylic acids is 1. The standard InChI is InChI=1S/C13H17BrN2O3/c1-7(2)16-6-9(14)5-10(16)12(17)15-11(13(18)19)8-3-4-8/h5-8,11H,3-4H2,1-2H3,(H,15,17)(H,18,19). The predicted molar refractivity (Wildman–Crippen MR) is 74.1 cm³/mol. The van der Waals surface area contributed by atoms with E-state index in [1.54, 1.807) is 6.07 Å². The maximum absolute atomic E-state index is 12.2. The van der Waals surface area contributed by atoms with Gasteiger partial charge in [-0.15, -0.1) is 0 Å². The summed E-state index contributed by atoms with van der Waals surface area (Å²) in [6.45, 7) is 3.94. The van der Waals surface area contributed by atoms with E-state index in [1.807, 2.05) is 24.6 Å². The number of nitrogens with zero attached hydrogens (tertiary/aromatic N) is 1. The number of amides is 1. The highest BCUT2D eigenvalue weighted by Crippen LogP contribution is 2.33. The summed E-state index contributed by atoms with van der Waals surface area (Å²) in [6, 6.07) is 1.07. The van der Waals surface area contributed by atoms with E-state index in [0.717, 1.165) is 17.3 Å². The average Bonchev–Trinajstić information content (AvgIpc) is 3.07. The minimum atomic E-state index is -0.961. The highest BCUT2D eigenvalue weighted by molar-refractivity contribution is 9.10. The molecule has 1 aliphatic rings. The number of aromatic nitrogens is 1. The van der Waals surface area contributed by atoms with Crippen LogP contribution >= 0.6 is 15.9 Å². The van der Waals surface area contributed by atoms with Crippen molar-refractivity contribution < 1.29 is 14.7 Å². The van der Waals surface area contributed by atoms with Gasteiger partial charge in [0, 0.05) is 16.7 Å². The summed E-state index contributed by atoms with van der Waals surface area (Å²) in [5.41, 5.74) is 0.480. The van der Waals surface area contributed by atoms with Crippen molar-refractivity contribution in [3.05, 3.63) is 22.4 Å². The van der Waals surface area contributed by atoms with E-state index in [0.29, 0.717) is 5.69 Å². The quantitative estimate of drug-likeness (QED) is 0.871. The zero-order valence-electron chi connectivity index (χ0n) is 10.9. The van der Waals surface area contributed by atoms with E-state index >= 15 is 0 Å². The molecule has 0 aromatic carbocycles. The third kappa shape index (κ3) is 3.18. The van der Waals surface area contributed by atoms with Gasteiger partial charge in [-0.2, -0.15) is 0 Å². The van der Waals surface area contributed by atoms with Crippen LogP contribution < -0.4 is 5.32 Å². The molecule has 19 heavy (non-hydrogen) atoms. The van der Waals surface area contributed by atoms with E-state index in [4.69, 9.17) is 5.11 Å². The first-order chi connectivity index (χ1) is 8.90. The van der Waals surface area contributed by atoms with Crippen LogP contribution in [-0.2, 0) is 4.79 Å². The van der Waals surface area contributed by atoms with Gasteiger partial charge < -0.3 is 15.0 Å². The van der Waals surface area contributed by atoms with Crippen molar-refractivity contribution in [3.8, 4) is 0 Å². The number of carbonyl (C=O) groups is 2. The third-order valence-electron chi connectivity index (χ3n) is 3.25. The molecule has 2 N–H and O–H groups in total. The molecule has 104 valence electrons.